The number of carbonyl (C=O) groups is 2. The van der Waals surface area contributed by atoms with Gasteiger partial charge in [-0.25, -0.2) is 4.68 Å². The molecule has 0 spiro atoms. The normalized spacial score (nSPS) is 11.8. The predicted molar refractivity (Wildman–Crippen MR) is 137 cm³/mol. The number of rotatable bonds is 8. The van der Waals surface area contributed by atoms with Crippen molar-refractivity contribution in [2.24, 2.45) is 0 Å². The summed E-state index contributed by atoms with van der Waals surface area (Å²) < 4.78 is 1.74. The van der Waals surface area contributed by atoms with Crippen molar-refractivity contribution in [1.29, 1.82) is 0 Å². The van der Waals surface area contributed by atoms with Gasteiger partial charge in [-0.1, -0.05) is 65.9 Å². The second-order valence-electron chi connectivity index (χ2n) is 8.23. The number of amides is 2. The molecule has 7 heteroatoms. The van der Waals surface area contributed by atoms with E-state index in [1.807, 2.05) is 79.7 Å². The van der Waals surface area contributed by atoms with Crippen molar-refractivity contribution < 1.29 is 9.59 Å². The van der Waals surface area contributed by atoms with Crippen LogP contribution in [0, 0.1) is 0 Å². The van der Waals surface area contributed by atoms with E-state index >= 15 is 0 Å². The molecule has 0 aliphatic carbocycles. The summed E-state index contributed by atoms with van der Waals surface area (Å²) in [6.45, 7) is 2.56. The minimum Gasteiger partial charge on any atom is -0.335 e. The molecule has 1 N–H and O–H groups in total. The average molecular weight is 466 g/mol. The highest BCUT2D eigenvalue weighted by atomic mass is 16.2. The summed E-state index contributed by atoms with van der Waals surface area (Å²) in [6, 6.07) is 26.4. The van der Waals surface area contributed by atoms with Crippen LogP contribution >= 0.6 is 0 Å². The zero-order chi connectivity index (χ0) is 24.6. The monoisotopic (exact) mass is 465 g/mol. The van der Waals surface area contributed by atoms with E-state index in [1.165, 1.54) is 6.08 Å². The Morgan fingerprint density at radius 2 is 1.71 bits per heavy atom. The Bertz CT molecular complexity index is 1320. The topological polar surface area (TPSA) is 80.1 Å². The first-order valence-corrected chi connectivity index (χ1v) is 11.3. The lowest BCUT2D eigenvalue weighted by Gasteiger charge is -2.24. The average Bonchev–Trinajstić information content (AvgIpc) is 3.34. The molecule has 0 aliphatic heterocycles. The van der Waals surface area contributed by atoms with Gasteiger partial charge in [-0.05, 0) is 48.4 Å². The molecule has 0 aliphatic rings. The van der Waals surface area contributed by atoms with Crippen LogP contribution < -0.4 is 5.32 Å². The van der Waals surface area contributed by atoms with Gasteiger partial charge in [0.05, 0.1) is 18.8 Å². The minimum absolute atomic E-state index is 0.158. The molecule has 7 nitrogen and oxygen atoms in total. The fraction of sp³-hybridized carbons (Fsp3) is 0.143. The van der Waals surface area contributed by atoms with Gasteiger partial charge in [-0.2, -0.15) is 0 Å². The van der Waals surface area contributed by atoms with Crippen LogP contribution in [0.1, 0.15) is 40.1 Å². The maximum Gasteiger partial charge on any atom is 0.255 e. The van der Waals surface area contributed by atoms with E-state index in [1.54, 1.807) is 41.0 Å². The molecule has 0 bridgehead atoms. The van der Waals surface area contributed by atoms with Gasteiger partial charge >= 0.3 is 0 Å². The third-order valence-corrected chi connectivity index (χ3v) is 5.73. The van der Waals surface area contributed by atoms with E-state index in [4.69, 9.17) is 0 Å². The summed E-state index contributed by atoms with van der Waals surface area (Å²) in [5, 5.41) is 11.2. The molecule has 3 aromatic carbocycles. The first-order valence-electron chi connectivity index (χ1n) is 11.3. The molecule has 35 heavy (non-hydrogen) atoms. The molecule has 4 aromatic rings. The van der Waals surface area contributed by atoms with Crippen LogP contribution in [0.25, 0.3) is 6.08 Å². The maximum absolute atomic E-state index is 12.8. The summed E-state index contributed by atoms with van der Waals surface area (Å²) in [6.07, 6.45) is 4.96. The van der Waals surface area contributed by atoms with E-state index in [-0.39, 0.29) is 17.9 Å². The fourth-order valence-corrected chi connectivity index (χ4v) is 3.60. The van der Waals surface area contributed by atoms with Crippen LogP contribution in [0.4, 0.5) is 5.69 Å². The molecular weight excluding hydrogens is 438 g/mol. The van der Waals surface area contributed by atoms with Crippen LogP contribution in [0.15, 0.2) is 97.2 Å². The molecule has 4 rings (SSSR count). The molecule has 0 radical (unpaired) electrons. The number of nitrogens with zero attached hydrogens (tertiary/aromatic N) is 4. The molecule has 1 atom stereocenters. The SMILES string of the molecule is CC(c1cccc(NC(=O)c2ccccc2)c1)N(C)C(=O)/C=C/c1cn(Cc2ccccc2)nn1. The number of benzene rings is 3. The van der Waals surface area contributed by atoms with Gasteiger partial charge in [0.2, 0.25) is 5.91 Å². The molecule has 2 amide bonds. The second kappa shape index (κ2) is 11.1. The zero-order valence-electron chi connectivity index (χ0n) is 19.7. The summed E-state index contributed by atoms with van der Waals surface area (Å²) in [7, 11) is 1.75. The Morgan fingerprint density at radius 1 is 1.00 bits per heavy atom. The quantitative estimate of drug-likeness (QED) is 0.379. The lowest BCUT2D eigenvalue weighted by molar-refractivity contribution is -0.126. The summed E-state index contributed by atoms with van der Waals surface area (Å²) in [5.41, 5.74) is 3.91. The van der Waals surface area contributed by atoms with Crippen molar-refractivity contribution >= 4 is 23.6 Å². The minimum atomic E-state index is -0.200. The summed E-state index contributed by atoms with van der Waals surface area (Å²) in [4.78, 5) is 26.9. The largest absolute Gasteiger partial charge is 0.335 e. The Morgan fingerprint density at radius 3 is 2.46 bits per heavy atom. The molecule has 176 valence electrons. The smallest absolute Gasteiger partial charge is 0.255 e. The van der Waals surface area contributed by atoms with Gasteiger partial charge in [-0.15, -0.1) is 5.10 Å². The van der Waals surface area contributed by atoms with Crippen LogP contribution in [0.2, 0.25) is 0 Å². The molecule has 1 heterocycles. The number of nitrogens with one attached hydrogen (secondary N) is 1. The number of anilines is 1. The van der Waals surface area contributed by atoms with Crippen molar-refractivity contribution in [1.82, 2.24) is 19.9 Å². The van der Waals surface area contributed by atoms with Crippen LogP contribution in [0.5, 0.6) is 0 Å². The third kappa shape index (κ3) is 6.29. The highest BCUT2D eigenvalue weighted by molar-refractivity contribution is 6.04. The van der Waals surface area contributed by atoms with E-state index < -0.39 is 0 Å². The van der Waals surface area contributed by atoms with Crippen molar-refractivity contribution in [3.8, 4) is 0 Å². The number of aromatic nitrogens is 3. The summed E-state index contributed by atoms with van der Waals surface area (Å²) >= 11 is 0. The second-order valence-corrected chi connectivity index (χ2v) is 8.23. The Labute approximate surface area is 204 Å². The van der Waals surface area contributed by atoms with Crippen molar-refractivity contribution in [2.75, 3.05) is 12.4 Å². The van der Waals surface area contributed by atoms with Crippen LogP contribution in [-0.4, -0.2) is 38.8 Å². The Balaban J connectivity index is 1.37. The van der Waals surface area contributed by atoms with Crippen molar-refractivity contribution in [3.05, 3.63) is 120 Å². The highest BCUT2D eigenvalue weighted by Gasteiger charge is 2.16. The van der Waals surface area contributed by atoms with Gasteiger partial charge < -0.3 is 10.2 Å². The first kappa shape index (κ1) is 23.6. The van der Waals surface area contributed by atoms with Crippen LogP contribution in [-0.2, 0) is 11.3 Å². The molecular formula is C28H27N5O2. The van der Waals surface area contributed by atoms with Gasteiger partial charge in [0, 0.05) is 24.4 Å². The predicted octanol–water partition coefficient (Wildman–Crippen LogP) is 4.81. The number of likely N-dealkylation sites (N-methyl/N-ethyl adjacent to an activating group) is 1. The third-order valence-electron chi connectivity index (χ3n) is 5.73. The van der Waals surface area contributed by atoms with Crippen molar-refractivity contribution in [3.63, 3.8) is 0 Å². The zero-order valence-corrected chi connectivity index (χ0v) is 19.7. The highest BCUT2D eigenvalue weighted by Crippen LogP contribution is 2.23. The lowest BCUT2D eigenvalue weighted by Crippen LogP contribution is -2.28. The van der Waals surface area contributed by atoms with E-state index in [2.05, 4.69) is 15.6 Å². The number of carbonyl (C=O) groups excluding carboxylic acids is 2. The van der Waals surface area contributed by atoms with Crippen LogP contribution in [0.3, 0.4) is 0 Å². The summed E-state index contributed by atoms with van der Waals surface area (Å²) in [5.74, 6) is -0.336. The van der Waals surface area contributed by atoms with E-state index in [0.717, 1.165) is 11.1 Å². The first-order chi connectivity index (χ1) is 17.0. The molecule has 0 saturated heterocycles. The fourth-order valence-electron chi connectivity index (χ4n) is 3.60. The maximum atomic E-state index is 12.8. The van der Waals surface area contributed by atoms with Crippen molar-refractivity contribution in [2.45, 2.75) is 19.5 Å². The van der Waals surface area contributed by atoms with Gasteiger partial charge in [0.1, 0.15) is 5.69 Å². The van der Waals surface area contributed by atoms with Gasteiger partial charge in [-0.3, -0.25) is 9.59 Å². The lowest BCUT2D eigenvalue weighted by atomic mass is 10.1. The van der Waals surface area contributed by atoms with E-state index in [0.29, 0.717) is 23.5 Å². The molecule has 0 saturated carbocycles. The molecule has 0 fully saturated rings. The Kier molecular flexibility index (Phi) is 7.47. The Hall–Kier alpha value is -4.52. The van der Waals surface area contributed by atoms with E-state index in [9.17, 15) is 9.59 Å². The number of hydrogen-bond donors (Lipinski definition) is 1. The standard InChI is InChI=1S/C28H27N5O2/c1-21(24-14-9-15-25(18-24)29-28(35)23-12-7-4-8-13-23)32(2)27(34)17-16-26-20-33(31-30-26)19-22-10-5-3-6-11-22/h3-18,20-21H,19H2,1-2H3,(H,29,35)/b17-16+. The van der Waals surface area contributed by atoms with Gasteiger partial charge in [0.15, 0.2) is 0 Å². The molecule has 1 aromatic heterocycles. The molecule has 1 unspecified atom stereocenters. The number of hydrogen-bond acceptors (Lipinski definition) is 4. The van der Waals surface area contributed by atoms with Gasteiger partial charge in [0.25, 0.3) is 5.91 Å².